The van der Waals surface area contributed by atoms with E-state index in [1.165, 1.54) is 0 Å². The lowest BCUT2D eigenvalue weighted by Crippen LogP contribution is -2.03. The van der Waals surface area contributed by atoms with Crippen molar-refractivity contribution in [3.05, 3.63) is 53.6 Å². The molecular formula is C19H22O4. The van der Waals surface area contributed by atoms with Crippen molar-refractivity contribution < 1.29 is 19.0 Å². The normalized spacial score (nSPS) is 10.2. The first kappa shape index (κ1) is 16.9. The van der Waals surface area contributed by atoms with Gasteiger partial charge in [-0.3, -0.25) is 4.79 Å². The fourth-order valence-electron chi connectivity index (χ4n) is 2.15. The number of hydrogen-bond donors (Lipinski definition) is 0. The molecule has 4 nitrogen and oxygen atoms in total. The van der Waals surface area contributed by atoms with Gasteiger partial charge < -0.3 is 14.2 Å². The van der Waals surface area contributed by atoms with Crippen molar-refractivity contribution in [1.29, 1.82) is 0 Å². The van der Waals surface area contributed by atoms with Gasteiger partial charge in [0.1, 0.15) is 12.0 Å². The molecule has 0 bridgehead atoms. The molecule has 0 amide bonds. The van der Waals surface area contributed by atoms with Crippen LogP contribution >= 0.6 is 0 Å². The van der Waals surface area contributed by atoms with Crippen molar-refractivity contribution in [2.24, 2.45) is 0 Å². The van der Waals surface area contributed by atoms with Crippen LogP contribution in [0.25, 0.3) is 0 Å². The predicted octanol–water partition coefficient (Wildman–Crippen LogP) is 4.05. The highest BCUT2D eigenvalue weighted by Crippen LogP contribution is 2.27. The van der Waals surface area contributed by atoms with E-state index in [2.05, 4.69) is 0 Å². The van der Waals surface area contributed by atoms with Gasteiger partial charge in [0.2, 0.25) is 0 Å². The van der Waals surface area contributed by atoms with Gasteiger partial charge in [0.15, 0.2) is 11.5 Å². The van der Waals surface area contributed by atoms with Crippen molar-refractivity contribution in [1.82, 2.24) is 0 Å². The Morgan fingerprint density at radius 2 is 1.74 bits per heavy atom. The second kappa shape index (κ2) is 8.83. The molecule has 0 aliphatic rings. The number of carbonyl (C=O) groups excluding carboxylic acids is 1. The third-order valence-corrected chi connectivity index (χ3v) is 3.38. The Morgan fingerprint density at radius 1 is 0.957 bits per heavy atom. The molecule has 0 unspecified atom stereocenters. The number of ether oxygens (including phenoxy) is 3. The summed E-state index contributed by atoms with van der Waals surface area (Å²) in [6.45, 7) is 3.22. The molecule has 2 aromatic rings. The maximum Gasteiger partial charge on any atom is 0.161 e. The average Bonchev–Trinajstić information content (AvgIpc) is 2.59. The van der Waals surface area contributed by atoms with Crippen LogP contribution < -0.4 is 14.2 Å². The molecule has 2 rings (SSSR count). The molecular weight excluding hydrogens is 292 g/mol. The van der Waals surface area contributed by atoms with Gasteiger partial charge >= 0.3 is 0 Å². The van der Waals surface area contributed by atoms with Crippen LogP contribution in [0.15, 0.2) is 42.5 Å². The van der Waals surface area contributed by atoms with E-state index in [0.717, 1.165) is 41.9 Å². The van der Waals surface area contributed by atoms with E-state index in [9.17, 15) is 4.79 Å². The summed E-state index contributed by atoms with van der Waals surface area (Å²) in [5.41, 5.74) is 1.76. The van der Waals surface area contributed by atoms with Crippen LogP contribution in [0.3, 0.4) is 0 Å². The summed E-state index contributed by atoms with van der Waals surface area (Å²) in [5.74, 6) is 2.24. The quantitative estimate of drug-likeness (QED) is 0.517. The molecule has 0 saturated heterocycles. The van der Waals surface area contributed by atoms with Gasteiger partial charge in [0.25, 0.3) is 0 Å². The van der Waals surface area contributed by atoms with Gasteiger partial charge in [-0.25, -0.2) is 0 Å². The smallest absolute Gasteiger partial charge is 0.161 e. The molecule has 2 aromatic carbocycles. The SMILES string of the molecule is COc1cc(C)ccc1OCCCCOc1cccc(C=O)c1. The van der Waals surface area contributed by atoms with Gasteiger partial charge in [-0.2, -0.15) is 0 Å². The first-order valence-corrected chi connectivity index (χ1v) is 7.68. The molecule has 23 heavy (non-hydrogen) atoms. The molecule has 0 aliphatic carbocycles. The number of methoxy groups -OCH3 is 1. The Hall–Kier alpha value is -2.49. The monoisotopic (exact) mass is 314 g/mol. The van der Waals surface area contributed by atoms with Gasteiger partial charge in [0, 0.05) is 5.56 Å². The maximum absolute atomic E-state index is 10.7. The molecule has 4 heteroatoms. The number of rotatable bonds is 9. The second-order valence-electron chi connectivity index (χ2n) is 5.25. The summed E-state index contributed by atoms with van der Waals surface area (Å²) in [6, 6.07) is 13.0. The Kier molecular flexibility index (Phi) is 6.48. The lowest BCUT2D eigenvalue weighted by Gasteiger charge is -2.11. The summed E-state index contributed by atoms with van der Waals surface area (Å²) in [7, 11) is 1.64. The highest BCUT2D eigenvalue weighted by Gasteiger charge is 2.04. The third-order valence-electron chi connectivity index (χ3n) is 3.38. The number of aryl methyl sites for hydroxylation is 1. The van der Waals surface area contributed by atoms with E-state index in [4.69, 9.17) is 14.2 Å². The minimum Gasteiger partial charge on any atom is -0.494 e. The van der Waals surface area contributed by atoms with Crippen molar-refractivity contribution in [3.8, 4) is 17.2 Å². The average molecular weight is 314 g/mol. The zero-order valence-electron chi connectivity index (χ0n) is 13.6. The highest BCUT2D eigenvalue weighted by molar-refractivity contribution is 5.75. The summed E-state index contributed by atoms with van der Waals surface area (Å²) in [5, 5.41) is 0. The zero-order chi connectivity index (χ0) is 16.5. The van der Waals surface area contributed by atoms with Gasteiger partial charge in [-0.05, 0) is 49.6 Å². The van der Waals surface area contributed by atoms with Crippen molar-refractivity contribution in [3.63, 3.8) is 0 Å². The largest absolute Gasteiger partial charge is 0.494 e. The Balaban J connectivity index is 1.69. The molecule has 0 heterocycles. The van der Waals surface area contributed by atoms with Crippen LogP contribution in [0.4, 0.5) is 0 Å². The topological polar surface area (TPSA) is 44.8 Å². The molecule has 122 valence electrons. The number of carbonyl (C=O) groups is 1. The first-order valence-electron chi connectivity index (χ1n) is 7.68. The minimum atomic E-state index is 0.594. The van der Waals surface area contributed by atoms with Crippen LogP contribution in [0.2, 0.25) is 0 Å². The minimum absolute atomic E-state index is 0.594. The lowest BCUT2D eigenvalue weighted by molar-refractivity contribution is 0.112. The number of aldehydes is 1. The molecule has 0 radical (unpaired) electrons. The summed E-state index contributed by atoms with van der Waals surface area (Å²) in [6.07, 6.45) is 2.57. The van der Waals surface area contributed by atoms with Crippen LogP contribution in [0, 0.1) is 6.92 Å². The number of unbranched alkanes of at least 4 members (excludes halogenated alkanes) is 1. The molecule has 0 atom stereocenters. The van der Waals surface area contributed by atoms with Crippen LogP contribution in [-0.4, -0.2) is 26.6 Å². The van der Waals surface area contributed by atoms with E-state index < -0.39 is 0 Å². The number of hydrogen-bond acceptors (Lipinski definition) is 4. The standard InChI is InChI=1S/C19H22O4/c1-15-8-9-18(19(12-15)21-2)23-11-4-3-10-22-17-7-5-6-16(13-17)14-20/h5-9,12-14H,3-4,10-11H2,1-2H3. The van der Waals surface area contributed by atoms with Crippen molar-refractivity contribution in [2.75, 3.05) is 20.3 Å². The zero-order valence-corrected chi connectivity index (χ0v) is 13.6. The summed E-state index contributed by atoms with van der Waals surface area (Å²) < 4.78 is 16.7. The molecule has 0 fully saturated rings. The van der Waals surface area contributed by atoms with Crippen molar-refractivity contribution in [2.45, 2.75) is 19.8 Å². The Morgan fingerprint density at radius 3 is 2.48 bits per heavy atom. The van der Waals surface area contributed by atoms with Gasteiger partial charge in [-0.15, -0.1) is 0 Å². The fourth-order valence-corrected chi connectivity index (χ4v) is 2.15. The van der Waals surface area contributed by atoms with E-state index in [1.807, 2.05) is 37.3 Å². The highest BCUT2D eigenvalue weighted by atomic mass is 16.5. The first-order chi connectivity index (χ1) is 11.2. The molecule has 0 saturated carbocycles. The van der Waals surface area contributed by atoms with Crippen molar-refractivity contribution >= 4 is 6.29 Å². The van der Waals surface area contributed by atoms with Crippen LogP contribution in [0.1, 0.15) is 28.8 Å². The van der Waals surface area contributed by atoms with E-state index in [1.54, 1.807) is 19.2 Å². The Labute approximate surface area is 137 Å². The van der Waals surface area contributed by atoms with E-state index >= 15 is 0 Å². The third kappa shape index (κ3) is 5.33. The molecule has 0 aromatic heterocycles. The van der Waals surface area contributed by atoms with E-state index in [-0.39, 0.29) is 0 Å². The second-order valence-corrected chi connectivity index (χ2v) is 5.25. The number of benzene rings is 2. The maximum atomic E-state index is 10.7. The molecule has 0 N–H and O–H groups in total. The summed E-state index contributed by atoms with van der Waals surface area (Å²) in [4.78, 5) is 10.7. The predicted molar refractivity (Wildman–Crippen MR) is 89.8 cm³/mol. The van der Waals surface area contributed by atoms with Crippen LogP contribution in [-0.2, 0) is 0 Å². The van der Waals surface area contributed by atoms with Gasteiger partial charge in [0.05, 0.1) is 20.3 Å². The van der Waals surface area contributed by atoms with Gasteiger partial charge in [-0.1, -0.05) is 18.2 Å². The molecule has 0 aliphatic heterocycles. The lowest BCUT2D eigenvalue weighted by atomic mass is 10.2. The van der Waals surface area contributed by atoms with Crippen LogP contribution in [0.5, 0.6) is 17.2 Å². The Bertz CT molecular complexity index is 637. The van der Waals surface area contributed by atoms with E-state index in [0.29, 0.717) is 18.8 Å². The fraction of sp³-hybridized carbons (Fsp3) is 0.316. The summed E-state index contributed by atoms with van der Waals surface area (Å²) >= 11 is 0. The molecule has 0 spiro atoms.